The summed E-state index contributed by atoms with van der Waals surface area (Å²) in [5.74, 6) is -0.747. The lowest BCUT2D eigenvalue weighted by atomic mass is 10.1. The number of hydrogen-bond acceptors (Lipinski definition) is 6. The monoisotopic (exact) mass is 379 g/mol. The van der Waals surface area contributed by atoms with Gasteiger partial charge in [0.1, 0.15) is 0 Å². The van der Waals surface area contributed by atoms with Crippen molar-refractivity contribution in [3.8, 4) is 5.75 Å². The van der Waals surface area contributed by atoms with Gasteiger partial charge in [-0.3, -0.25) is 14.9 Å². The van der Waals surface area contributed by atoms with E-state index in [1.807, 2.05) is 13.0 Å². The summed E-state index contributed by atoms with van der Waals surface area (Å²) in [7, 11) is -4.09. The second kappa shape index (κ2) is 7.93. The molecule has 2 aromatic rings. The second-order valence-corrected chi connectivity index (χ2v) is 6.88. The van der Waals surface area contributed by atoms with Gasteiger partial charge in [0.2, 0.25) is 10.0 Å². The van der Waals surface area contributed by atoms with Crippen molar-refractivity contribution >= 4 is 27.3 Å². The van der Waals surface area contributed by atoms with Crippen LogP contribution in [0.5, 0.6) is 5.75 Å². The number of amides is 1. The number of carbonyl (C=O) groups is 1. The minimum absolute atomic E-state index is 0.236. The highest BCUT2D eigenvalue weighted by Gasteiger charge is 2.20. The van der Waals surface area contributed by atoms with Crippen LogP contribution in [0, 0.1) is 10.1 Å². The molecular weight excluding hydrogens is 362 g/mol. The third kappa shape index (κ3) is 5.01. The number of nitro groups is 1. The Labute approximate surface area is 150 Å². The highest BCUT2D eigenvalue weighted by atomic mass is 32.2. The smallest absolute Gasteiger partial charge is 0.312 e. The molecule has 0 radical (unpaired) electrons. The summed E-state index contributed by atoms with van der Waals surface area (Å²) in [6.45, 7) is 1.50. The van der Waals surface area contributed by atoms with Crippen molar-refractivity contribution in [3.63, 3.8) is 0 Å². The summed E-state index contributed by atoms with van der Waals surface area (Å²) < 4.78 is 27.7. The minimum Gasteiger partial charge on any atom is -0.477 e. The molecule has 0 atom stereocenters. The first kappa shape index (κ1) is 19.3. The van der Waals surface area contributed by atoms with E-state index in [-0.39, 0.29) is 5.75 Å². The lowest BCUT2D eigenvalue weighted by Gasteiger charge is -2.09. The van der Waals surface area contributed by atoms with E-state index < -0.39 is 38.0 Å². The number of nitrogens with two attached hydrogens (primary N) is 1. The maximum atomic E-state index is 12.0. The van der Waals surface area contributed by atoms with E-state index in [0.29, 0.717) is 5.69 Å². The van der Waals surface area contributed by atoms with Gasteiger partial charge in [-0.15, -0.1) is 0 Å². The van der Waals surface area contributed by atoms with Crippen molar-refractivity contribution < 1.29 is 22.9 Å². The highest BCUT2D eigenvalue weighted by Crippen LogP contribution is 2.29. The van der Waals surface area contributed by atoms with Crippen LogP contribution < -0.4 is 15.2 Å². The highest BCUT2D eigenvalue weighted by molar-refractivity contribution is 7.89. The fourth-order valence-corrected chi connectivity index (χ4v) is 2.68. The number of benzene rings is 2. The van der Waals surface area contributed by atoms with Crippen LogP contribution >= 0.6 is 0 Å². The largest absolute Gasteiger partial charge is 0.477 e. The molecule has 138 valence electrons. The van der Waals surface area contributed by atoms with Gasteiger partial charge in [0.05, 0.1) is 9.82 Å². The molecule has 10 heteroatoms. The first-order valence-corrected chi connectivity index (χ1v) is 9.08. The van der Waals surface area contributed by atoms with Crippen molar-refractivity contribution in [2.45, 2.75) is 18.2 Å². The van der Waals surface area contributed by atoms with Crippen LogP contribution in [0.3, 0.4) is 0 Å². The minimum atomic E-state index is -4.09. The zero-order valence-corrected chi connectivity index (χ0v) is 14.7. The van der Waals surface area contributed by atoms with Crippen LogP contribution in [0.1, 0.15) is 12.5 Å². The molecule has 0 heterocycles. The zero-order valence-electron chi connectivity index (χ0n) is 13.8. The summed E-state index contributed by atoms with van der Waals surface area (Å²) in [5, 5.41) is 18.7. The number of anilines is 1. The van der Waals surface area contributed by atoms with Gasteiger partial charge in [0.15, 0.2) is 12.4 Å². The van der Waals surface area contributed by atoms with Crippen LogP contribution in [0.4, 0.5) is 11.4 Å². The SMILES string of the molecule is CCc1cccc(NC(=O)COc2ccc(S(N)(=O)=O)cc2[N+](=O)[O-])c1. The normalized spacial score (nSPS) is 11.0. The average Bonchev–Trinajstić information content (AvgIpc) is 2.59. The second-order valence-electron chi connectivity index (χ2n) is 5.32. The Bertz CT molecular complexity index is 943. The van der Waals surface area contributed by atoms with Gasteiger partial charge in [-0.25, -0.2) is 13.6 Å². The van der Waals surface area contributed by atoms with Gasteiger partial charge in [-0.1, -0.05) is 19.1 Å². The molecule has 0 saturated heterocycles. The molecule has 0 aliphatic rings. The molecule has 0 fully saturated rings. The van der Waals surface area contributed by atoms with Crippen LogP contribution in [-0.4, -0.2) is 25.9 Å². The molecule has 0 spiro atoms. The molecule has 2 aromatic carbocycles. The summed E-state index contributed by atoms with van der Waals surface area (Å²) >= 11 is 0. The van der Waals surface area contributed by atoms with E-state index in [4.69, 9.17) is 9.88 Å². The Kier molecular flexibility index (Phi) is 5.90. The first-order chi connectivity index (χ1) is 12.2. The predicted octanol–water partition coefficient (Wildman–Crippen LogP) is 1.82. The van der Waals surface area contributed by atoms with Gasteiger partial charge < -0.3 is 10.1 Å². The van der Waals surface area contributed by atoms with Crippen molar-refractivity contribution in [1.82, 2.24) is 0 Å². The number of primary sulfonamides is 1. The molecule has 0 unspecified atom stereocenters. The quantitative estimate of drug-likeness (QED) is 0.555. The number of nitrogens with zero attached hydrogens (tertiary/aromatic N) is 1. The van der Waals surface area contributed by atoms with E-state index in [2.05, 4.69) is 5.32 Å². The number of sulfonamides is 1. The van der Waals surface area contributed by atoms with E-state index in [1.165, 1.54) is 0 Å². The predicted molar refractivity (Wildman–Crippen MR) is 94.4 cm³/mol. The van der Waals surface area contributed by atoms with Gasteiger partial charge in [-0.05, 0) is 36.2 Å². The van der Waals surface area contributed by atoms with E-state index >= 15 is 0 Å². The lowest BCUT2D eigenvalue weighted by molar-refractivity contribution is -0.386. The number of carbonyl (C=O) groups excluding carboxylic acids is 1. The maximum absolute atomic E-state index is 12.0. The molecule has 1 amide bonds. The Morgan fingerprint density at radius 2 is 2.00 bits per heavy atom. The first-order valence-electron chi connectivity index (χ1n) is 7.53. The summed E-state index contributed by atoms with van der Waals surface area (Å²) in [5.41, 5.74) is 1.02. The molecule has 26 heavy (non-hydrogen) atoms. The van der Waals surface area contributed by atoms with Gasteiger partial charge in [0.25, 0.3) is 5.91 Å². The number of ether oxygens (including phenoxy) is 1. The van der Waals surface area contributed by atoms with Crippen LogP contribution in [0.2, 0.25) is 0 Å². The molecular formula is C16H17N3O6S. The number of hydrogen-bond donors (Lipinski definition) is 2. The van der Waals surface area contributed by atoms with Crippen LogP contribution in [-0.2, 0) is 21.2 Å². The number of nitrogens with one attached hydrogen (secondary N) is 1. The fraction of sp³-hybridized carbons (Fsp3) is 0.188. The lowest BCUT2D eigenvalue weighted by Crippen LogP contribution is -2.20. The fourth-order valence-electron chi connectivity index (χ4n) is 2.15. The molecule has 0 bridgehead atoms. The summed E-state index contributed by atoms with van der Waals surface area (Å²) in [6, 6.07) is 10.2. The third-order valence-corrected chi connectivity index (χ3v) is 4.34. The number of rotatable bonds is 7. The zero-order chi connectivity index (χ0) is 19.3. The molecule has 0 aliphatic carbocycles. The van der Waals surface area contributed by atoms with E-state index in [9.17, 15) is 23.3 Å². The van der Waals surface area contributed by atoms with Crippen LogP contribution in [0.15, 0.2) is 47.4 Å². The summed E-state index contributed by atoms with van der Waals surface area (Å²) in [6.07, 6.45) is 0.808. The summed E-state index contributed by atoms with van der Waals surface area (Å²) in [4.78, 5) is 21.8. The topological polar surface area (TPSA) is 142 Å². The molecule has 0 aliphatic heterocycles. The van der Waals surface area contributed by atoms with Crippen molar-refractivity contribution in [1.29, 1.82) is 0 Å². The standard InChI is InChI=1S/C16H17N3O6S/c1-2-11-4-3-5-12(8-11)18-16(20)10-25-15-7-6-13(26(17,23)24)9-14(15)19(21)22/h3-9H,2,10H2,1H3,(H,18,20)(H2,17,23,24). The van der Waals surface area contributed by atoms with Crippen molar-refractivity contribution in [2.24, 2.45) is 5.14 Å². The van der Waals surface area contributed by atoms with Crippen molar-refractivity contribution in [3.05, 3.63) is 58.1 Å². The number of aryl methyl sites for hydroxylation is 1. The number of nitro benzene ring substituents is 1. The molecule has 0 saturated carbocycles. The molecule has 0 aromatic heterocycles. The Balaban J connectivity index is 2.10. The Morgan fingerprint density at radius 3 is 2.62 bits per heavy atom. The van der Waals surface area contributed by atoms with E-state index in [1.54, 1.807) is 18.2 Å². The van der Waals surface area contributed by atoms with Crippen molar-refractivity contribution in [2.75, 3.05) is 11.9 Å². The maximum Gasteiger partial charge on any atom is 0.312 e. The van der Waals surface area contributed by atoms with Crippen LogP contribution in [0.25, 0.3) is 0 Å². The molecule has 3 N–H and O–H groups in total. The Morgan fingerprint density at radius 1 is 1.27 bits per heavy atom. The van der Waals surface area contributed by atoms with Gasteiger partial charge in [0, 0.05) is 11.8 Å². The average molecular weight is 379 g/mol. The molecule has 9 nitrogen and oxygen atoms in total. The molecule has 2 rings (SSSR count). The third-order valence-electron chi connectivity index (χ3n) is 3.43. The van der Waals surface area contributed by atoms with Gasteiger partial charge in [-0.2, -0.15) is 0 Å². The van der Waals surface area contributed by atoms with Gasteiger partial charge >= 0.3 is 5.69 Å². The Hall–Kier alpha value is -2.98. The van der Waals surface area contributed by atoms with E-state index in [0.717, 1.165) is 30.2 Å².